The monoisotopic (exact) mass is 383 g/mol. The molecule has 3 N–H and O–H groups in total. The number of aliphatic hydroxyl groups is 2. The predicted molar refractivity (Wildman–Crippen MR) is 107 cm³/mol. The second-order valence-corrected chi connectivity index (χ2v) is 8.65. The summed E-state index contributed by atoms with van der Waals surface area (Å²) in [5.41, 5.74) is 0. The summed E-state index contributed by atoms with van der Waals surface area (Å²) in [5.74, 6) is 0.591. The Bertz CT molecular complexity index is 508. The molecule has 1 aliphatic heterocycles. The molecule has 4 unspecified atom stereocenters. The van der Waals surface area contributed by atoms with Gasteiger partial charge in [0.1, 0.15) is 0 Å². The zero-order valence-corrected chi connectivity index (χ0v) is 16.5. The Morgan fingerprint density at radius 3 is 2.88 bits per heavy atom. The van der Waals surface area contributed by atoms with Crippen LogP contribution in [0.1, 0.15) is 64.7 Å². The van der Waals surface area contributed by atoms with E-state index in [2.05, 4.69) is 6.92 Å². The maximum Gasteiger partial charge on any atom is 0.303 e. The zero-order chi connectivity index (χ0) is 18.9. The van der Waals surface area contributed by atoms with Gasteiger partial charge in [-0.05, 0) is 37.4 Å². The topological polar surface area (TPSA) is 90.1 Å². The standard InChI is InChI=1S/C20H33NO4S/c1-2-3-4-7-14(22)9-10-15-16-12-19(21-17(16)13-18(15)23)26-11-6-5-8-20(24)25/h9-10,14-18,22-23H,2-8,11-13H2,1H3,(H,24,25)/t14-,15?,16?,17?,18?/m0/s1. The molecule has 0 aromatic carbocycles. The first-order valence-corrected chi connectivity index (χ1v) is 11.0. The van der Waals surface area contributed by atoms with Crippen LogP contribution in [0.3, 0.4) is 0 Å². The van der Waals surface area contributed by atoms with E-state index in [1.165, 1.54) is 0 Å². The van der Waals surface area contributed by atoms with Crippen molar-refractivity contribution in [3.63, 3.8) is 0 Å². The molecule has 6 heteroatoms. The van der Waals surface area contributed by atoms with Gasteiger partial charge in [-0.2, -0.15) is 0 Å². The van der Waals surface area contributed by atoms with Crippen LogP contribution in [-0.4, -0.2) is 50.3 Å². The third kappa shape index (κ3) is 6.71. The second-order valence-electron chi connectivity index (χ2n) is 7.49. The van der Waals surface area contributed by atoms with Crippen molar-refractivity contribution in [1.82, 2.24) is 0 Å². The van der Waals surface area contributed by atoms with Gasteiger partial charge >= 0.3 is 5.97 Å². The minimum Gasteiger partial charge on any atom is -0.481 e. The van der Waals surface area contributed by atoms with Gasteiger partial charge in [0, 0.05) is 18.8 Å². The fourth-order valence-corrected chi connectivity index (χ4v) is 4.98. The number of hydrogen-bond acceptors (Lipinski definition) is 5. The molecular weight excluding hydrogens is 350 g/mol. The minimum atomic E-state index is -0.733. The fourth-order valence-electron chi connectivity index (χ4n) is 3.87. The molecule has 26 heavy (non-hydrogen) atoms. The van der Waals surface area contributed by atoms with Crippen molar-refractivity contribution >= 4 is 22.8 Å². The van der Waals surface area contributed by atoms with E-state index in [4.69, 9.17) is 10.1 Å². The van der Waals surface area contributed by atoms with Crippen molar-refractivity contribution in [2.75, 3.05) is 5.75 Å². The summed E-state index contributed by atoms with van der Waals surface area (Å²) in [6.45, 7) is 2.15. The summed E-state index contributed by atoms with van der Waals surface area (Å²) in [7, 11) is 0. The Hall–Kier alpha value is -0.850. The SMILES string of the molecule is CCCCC[C@H](O)C=CC1C(O)CC2N=C(SCCCCC(=O)O)CC21. The number of carbonyl (C=O) groups is 1. The van der Waals surface area contributed by atoms with Gasteiger partial charge in [0.2, 0.25) is 0 Å². The van der Waals surface area contributed by atoms with Crippen molar-refractivity contribution in [2.24, 2.45) is 16.8 Å². The van der Waals surface area contributed by atoms with Gasteiger partial charge in [0.15, 0.2) is 0 Å². The molecule has 0 spiro atoms. The molecule has 0 aromatic rings. The Kier molecular flexibility index (Phi) is 9.16. The first-order chi connectivity index (χ1) is 12.5. The number of aliphatic carboxylic acids is 1. The molecule has 1 heterocycles. The van der Waals surface area contributed by atoms with Crippen LogP contribution in [0.4, 0.5) is 0 Å². The lowest BCUT2D eigenvalue weighted by molar-refractivity contribution is -0.137. The molecule has 0 radical (unpaired) electrons. The highest BCUT2D eigenvalue weighted by Gasteiger charge is 2.44. The molecule has 0 bridgehead atoms. The zero-order valence-electron chi connectivity index (χ0n) is 15.7. The number of hydrogen-bond donors (Lipinski definition) is 3. The van der Waals surface area contributed by atoms with Crippen LogP contribution < -0.4 is 0 Å². The summed E-state index contributed by atoms with van der Waals surface area (Å²) in [4.78, 5) is 15.3. The van der Waals surface area contributed by atoms with Crippen LogP contribution in [0.15, 0.2) is 17.1 Å². The highest BCUT2D eigenvalue weighted by Crippen LogP contribution is 2.43. The number of aliphatic hydroxyl groups excluding tert-OH is 2. The number of nitrogens with zero attached hydrogens (tertiary/aromatic N) is 1. The Labute approximate surface area is 161 Å². The largest absolute Gasteiger partial charge is 0.481 e. The van der Waals surface area contributed by atoms with Gasteiger partial charge in [0.05, 0.1) is 23.3 Å². The van der Waals surface area contributed by atoms with E-state index in [1.807, 2.05) is 12.2 Å². The molecule has 0 amide bonds. The average molecular weight is 384 g/mol. The number of thioether (sulfide) groups is 1. The second kappa shape index (κ2) is 11.1. The van der Waals surface area contributed by atoms with E-state index in [0.717, 1.165) is 49.3 Å². The summed E-state index contributed by atoms with van der Waals surface area (Å²) >= 11 is 1.74. The molecule has 2 aliphatic rings. The van der Waals surface area contributed by atoms with Crippen molar-refractivity contribution in [1.29, 1.82) is 0 Å². The normalized spacial score (nSPS) is 29.1. The first kappa shape index (κ1) is 21.5. The van der Waals surface area contributed by atoms with Gasteiger partial charge in [-0.25, -0.2) is 0 Å². The van der Waals surface area contributed by atoms with E-state index in [1.54, 1.807) is 11.8 Å². The quantitative estimate of drug-likeness (QED) is 0.374. The van der Waals surface area contributed by atoms with Crippen molar-refractivity contribution in [3.05, 3.63) is 12.2 Å². The van der Waals surface area contributed by atoms with Crippen molar-refractivity contribution in [2.45, 2.75) is 83.0 Å². The van der Waals surface area contributed by atoms with Crippen LogP contribution in [-0.2, 0) is 4.79 Å². The van der Waals surface area contributed by atoms with E-state index in [9.17, 15) is 15.0 Å². The maximum absolute atomic E-state index is 10.5. The van der Waals surface area contributed by atoms with Gasteiger partial charge in [-0.1, -0.05) is 38.3 Å². The van der Waals surface area contributed by atoms with Crippen LogP contribution in [0, 0.1) is 11.8 Å². The number of fused-ring (bicyclic) bond motifs is 1. The van der Waals surface area contributed by atoms with E-state index in [0.29, 0.717) is 18.8 Å². The number of carboxylic acid groups (broad SMARTS) is 1. The number of aliphatic imine (C=N–C) groups is 1. The predicted octanol–water partition coefficient (Wildman–Crippen LogP) is 3.64. The smallest absolute Gasteiger partial charge is 0.303 e. The molecular formula is C20H33NO4S. The number of unbranched alkanes of at least 4 members (excludes halogenated alkanes) is 3. The summed E-state index contributed by atoms with van der Waals surface area (Å²) in [6.07, 6.45) is 10.6. The molecule has 0 saturated heterocycles. The molecule has 5 nitrogen and oxygen atoms in total. The highest BCUT2D eigenvalue weighted by atomic mass is 32.2. The molecule has 2 rings (SSSR count). The van der Waals surface area contributed by atoms with Gasteiger partial charge < -0.3 is 15.3 Å². The third-order valence-electron chi connectivity index (χ3n) is 5.35. The minimum absolute atomic E-state index is 0.0784. The summed E-state index contributed by atoms with van der Waals surface area (Å²) in [6, 6.07) is 0.193. The van der Waals surface area contributed by atoms with Crippen LogP contribution in [0.25, 0.3) is 0 Å². The van der Waals surface area contributed by atoms with E-state index < -0.39 is 12.1 Å². The van der Waals surface area contributed by atoms with Gasteiger partial charge in [-0.3, -0.25) is 9.79 Å². The molecule has 0 aromatic heterocycles. The van der Waals surface area contributed by atoms with Crippen LogP contribution >= 0.6 is 11.8 Å². The van der Waals surface area contributed by atoms with Crippen LogP contribution in [0.5, 0.6) is 0 Å². The summed E-state index contributed by atoms with van der Waals surface area (Å²) < 4.78 is 0. The Balaban J connectivity index is 1.75. The molecule has 148 valence electrons. The lowest BCUT2D eigenvalue weighted by Crippen LogP contribution is -2.19. The number of rotatable bonds is 11. The average Bonchev–Trinajstić information content (AvgIpc) is 3.09. The van der Waals surface area contributed by atoms with E-state index in [-0.39, 0.29) is 24.5 Å². The molecule has 1 fully saturated rings. The van der Waals surface area contributed by atoms with Crippen molar-refractivity contribution < 1.29 is 20.1 Å². The number of carboxylic acids is 1. The molecule has 1 aliphatic carbocycles. The molecule has 5 atom stereocenters. The van der Waals surface area contributed by atoms with Crippen molar-refractivity contribution in [3.8, 4) is 0 Å². The fraction of sp³-hybridized carbons (Fsp3) is 0.800. The van der Waals surface area contributed by atoms with Gasteiger partial charge in [0.25, 0.3) is 0 Å². The molecule has 1 saturated carbocycles. The van der Waals surface area contributed by atoms with Crippen LogP contribution in [0.2, 0.25) is 0 Å². The maximum atomic E-state index is 10.5. The highest BCUT2D eigenvalue weighted by molar-refractivity contribution is 8.13. The third-order valence-corrected chi connectivity index (χ3v) is 6.45. The lowest BCUT2D eigenvalue weighted by atomic mass is 9.91. The van der Waals surface area contributed by atoms with Gasteiger partial charge in [-0.15, -0.1) is 11.8 Å². The Morgan fingerprint density at radius 1 is 1.35 bits per heavy atom. The Morgan fingerprint density at radius 2 is 2.15 bits per heavy atom. The van der Waals surface area contributed by atoms with E-state index >= 15 is 0 Å². The first-order valence-electron chi connectivity index (χ1n) is 9.97. The summed E-state index contributed by atoms with van der Waals surface area (Å²) in [5, 5.41) is 30.2. The lowest BCUT2D eigenvalue weighted by Gasteiger charge is -2.17.